The molecular weight excluding hydrogens is 220 g/mol. The van der Waals surface area contributed by atoms with E-state index in [1.54, 1.807) is 11.3 Å². The smallest absolute Gasteiger partial charge is 0.0428 e. The third kappa shape index (κ3) is 3.54. The molecule has 0 radical (unpaired) electrons. The SMILES string of the molecule is CN(C)n1ccc2c1CCCCCCCCCC2. The van der Waals surface area contributed by atoms with Gasteiger partial charge in [-0.15, -0.1) is 0 Å². The van der Waals surface area contributed by atoms with E-state index in [2.05, 4.69) is 36.0 Å². The normalized spacial score (nSPS) is 18.6. The van der Waals surface area contributed by atoms with Crippen LogP contribution in [0.25, 0.3) is 0 Å². The Morgan fingerprint density at radius 1 is 0.833 bits per heavy atom. The van der Waals surface area contributed by atoms with Gasteiger partial charge in [0.2, 0.25) is 0 Å². The Kier molecular flexibility index (Phi) is 5.15. The maximum Gasteiger partial charge on any atom is 0.0428 e. The molecule has 0 saturated heterocycles. The minimum absolute atomic E-state index is 1.25. The third-order valence-electron chi connectivity index (χ3n) is 4.10. The summed E-state index contributed by atoms with van der Waals surface area (Å²) < 4.78 is 2.33. The second-order valence-corrected chi connectivity index (χ2v) is 5.81. The summed E-state index contributed by atoms with van der Waals surface area (Å²) in [6.07, 6.45) is 16.1. The van der Waals surface area contributed by atoms with E-state index in [1.807, 2.05) is 0 Å². The zero-order valence-electron chi connectivity index (χ0n) is 12.1. The van der Waals surface area contributed by atoms with Crippen LogP contribution in [0.1, 0.15) is 62.6 Å². The predicted octanol–water partition coefficient (Wildman–Crippen LogP) is 3.91. The van der Waals surface area contributed by atoms with Gasteiger partial charge in [0.05, 0.1) is 0 Å². The minimum atomic E-state index is 1.25. The molecule has 102 valence electrons. The Hall–Kier alpha value is -0.920. The number of rotatable bonds is 1. The Morgan fingerprint density at radius 3 is 2.00 bits per heavy atom. The summed E-state index contributed by atoms with van der Waals surface area (Å²) in [4.78, 5) is 0. The second-order valence-electron chi connectivity index (χ2n) is 5.81. The van der Waals surface area contributed by atoms with E-state index in [0.29, 0.717) is 0 Å². The van der Waals surface area contributed by atoms with Crippen molar-refractivity contribution < 1.29 is 0 Å². The standard InChI is InChI=1S/C16H28N2/c1-17(2)18-14-13-15-11-9-7-5-3-4-6-8-10-12-16(15)18/h13-14H,3-12H2,1-2H3. The zero-order valence-corrected chi connectivity index (χ0v) is 12.1. The molecule has 0 aliphatic heterocycles. The molecule has 1 aliphatic rings. The predicted molar refractivity (Wildman–Crippen MR) is 78.8 cm³/mol. The first-order valence-corrected chi connectivity index (χ1v) is 7.66. The highest BCUT2D eigenvalue weighted by Gasteiger charge is 2.10. The maximum atomic E-state index is 2.33. The molecule has 0 fully saturated rings. The first-order valence-electron chi connectivity index (χ1n) is 7.66. The average Bonchev–Trinajstić information content (AvgIpc) is 2.72. The second kappa shape index (κ2) is 6.86. The highest BCUT2D eigenvalue weighted by Crippen LogP contribution is 2.20. The van der Waals surface area contributed by atoms with Crippen LogP contribution < -0.4 is 5.01 Å². The van der Waals surface area contributed by atoms with Crippen molar-refractivity contribution in [2.75, 3.05) is 19.1 Å². The van der Waals surface area contributed by atoms with E-state index >= 15 is 0 Å². The molecule has 0 N–H and O–H groups in total. The van der Waals surface area contributed by atoms with E-state index < -0.39 is 0 Å². The highest BCUT2D eigenvalue weighted by atomic mass is 15.5. The van der Waals surface area contributed by atoms with Crippen LogP contribution in [0.15, 0.2) is 12.3 Å². The molecule has 1 aromatic rings. The fourth-order valence-corrected chi connectivity index (χ4v) is 3.04. The van der Waals surface area contributed by atoms with E-state index in [1.165, 1.54) is 64.2 Å². The van der Waals surface area contributed by atoms with Crippen molar-refractivity contribution in [1.82, 2.24) is 4.68 Å². The van der Waals surface area contributed by atoms with Crippen LogP contribution in [-0.2, 0) is 12.8 Å². The van der Waals surface area contributed by atoms with Gasteiger partial charge in [0, 0.05) is 26.0 Å². The molecule has 18 heavy (non-hydrogen) atoms. The molecule has 0 amide bonds. The van der Waals surface area contributed by atoms with Crippen LogP contribution in [-0.4, -0.2) is 18.8 Å². The molecule has 2 nitrogen and oxygen atoms in total. The van der Waals surface area contributed by atoms with E-state index in [0.717, 1.165) is 0 Å². The van der Waals surface area contributed by atoms with Crippen molar-refractivity contribution in [2.45, 2.75) is 64.2 Å². The fourth-order valence-electron chi connectivity index (χ4n) is 3.04. The van der Waals surface area contributed by atoms with Crippen molar-refractivity contribution in [3.8, 4) is 0 Å². The minimum Gasteiger partial charge on any atom is -0.319 e. The van der Waals surface area contributed by atoms with E-state index in [9.17, 15) is 0 Å². The molecule has 1 aromatic heterocycles. The number of aromatic nitrogens is 1. The number of fused-ring (bicyclic) bond motifs is 1. The summed E-state index contributed by atoms with van der Waals surface area (Å²) in [5.41, 5.74) is 3.14. The molecular formula is C16H28N2. The molecule has 0 saturated carbocycles. The molecule has 1 heterocycles. The Labute approximate surface area is 112 Å². The van der Waals surface area contributed by atoms with Gasteiger partial charge in [-0.1, -0.05) is 38.5 Å². The Balaban J connectivity index is 2.09. The number of hydrogen-bond donors (Lipinski definition) is 0. The summed E-state index contributed by atoms with van der Waals surface area (Å²) in [6, 6.07) is 2.33. The maximum absolute atomic E-state index is 2.33. The molecule has 0 unspecified atom stereocenters. The summed E-state index contributed by atoms with van der Waals surface area (Å²) in [5, 5.41) is 2.20. The molecule has 2 heteroatoms. The lowest BCUT2D eigenvalue weighted by atomic mass is 10.00. The lowest BCUT2D eigenvalue weighted by Gasteiger charge is -2.19. The number of hydrogen-bond acceptors (Lipinski definition) is 1. The van der Waals surface area contributed by atoms with Crippen molar-refractivity contribution in [1.29, 1.82) is 0 Å². The monoisotopic (exact) mass is 248 g/mol. The molecule has 0 bridgehead atoms. The van der Waals surface area contributed by atoms with Crippen molar-refractivity contribution >= 4 is 0 Å². The van der Waals surface area contributed by atoms with Gasteiger partial charge < -0.3 is 5.01 Å². The van der Waals surface area contributed by atoms with Gasteiger partial charge >= 0.3 is 0 Å². The first-order chi connectivity index (χ1) is 8.79. The lowest BCUT2D eigenvalue weighted by Crippen LogP contribution is -2.26. The fraction of sp³-hybridized carbons (Fsp3) is 0.750. The summed E-state index contributed by atoms with van der Waals surface area (Å²) in [5.74, 6) is 0. The quantitative estimate of drug-likeness (QED) is 0.731. The molecule has 2 rings (SSSR count). The van der Waals surface area contributed by atoms with Crippen LogP contribution in [0.5, 0.6) is 0 Å². The van der Waals surface area contributed by atoms with Gasteiger partial charge in [-0.3, -0.25) is 4.68 Å². The van der Waals surface area contributed by atoms with Crippen LogP contribution in [0.4, 0.5) is 0 Å². The first kappa shape index (κ1) is 13.5. The lowest BCUT2D eigenvalue weighted by molar-refractivity contribution is 0.550. The van der Waals surface area contributed by atoms with Crippen molar-refractivity contribution in [3.63, 3.8) is 0 Å². The van der Waals surface area contributed by atoms with Gasteiger partial charge in [0.25, 0.3) is 0 Å². The summed E-state index contributed by atoms with van der Waals surface area (Å²) >= 11 is 0. The highest BCUT2D eigenvalue weighted by molar-refractivity contribution is 5.24. The average molecular weight is 248 g/mol. The van der Waals surface area contributed by atoms with Gasteiger partial charge in [-0.25, -0.2) is 0 Å². The van der Waals surface area contributed by atoms with E-state index in [4.69, 9.17) is 0 Å². The van der Waals surface area contributed by atoms with E-state index in [-0.39, 0.29) is 0 Å². The largest absolute Gasteiger partial charge is 0.319 e. The van der Waals surface area contributed by atoms with Crippen molar-refractivity contribution in [3.05, 3.63) is 23.5 Å². The number of nitrogens with zero attached hydrogens (tertiary/aromatic N) is 2. The van der Waals surface area contributed by atoms with Gasteiger partial charge in [0.1, 0.15) is 0 Å². The molecule has 0 atom stereocenters. The summed E-state index contributed by atoms with van der Waals surface area (Å²) in [6.45, 7) is 0. The van der Waals surface area contributed by atoms with Gasteiger partial charge in [-0.2, -0.15) is 0 Å². The van der Waals surface area contributed by atoms with Gasteiger partial charge in [0.15, 0.2) is 0 Å². The number of aryl methyl sites for hydroxylation is 1. The van der Waals surface area contributed by atoms with Crippen molar-refractivity contribution in [2.24, 2.45) is 0 Å². The van der Waals surface area contributed by atoms with Crippen LogP contribution in [0, 0.1) is 0 Å². The Morgan fingerprint density at radius 2 is 1.39 bits per heavy atom. The zero-order chi connectivity index (χ0) is 12.8. The molecule has 1 aliphatic carbocycles. The van der Waals surface area contributed by atoms with Crippen LogP contribution >= 0.6 is 0 Å². The molecule has 0 spiro atoms. The third-order valence-corrected chi connectivity index (χ3v) is 4.10. The van der Waals surface area contributed by atoms with Crippen LogP contribution in [0.3, 0.4) is 0 Å². The molecule has 0 aromatic carbocycles. The van der Waals surface area contributed by atoms with Crippen LogP contribution in [0.2, 0.25) is 0 Å². The Bertz CT molecular complexity index is 352. The summed E-state index contributed by atoms with van der Waals surface area (Å²) in [7, 11) is 4.27. The topological polar surface area (TPSA) is 8.17 Å². The van der Waals surface area contributed by atoms with Gasteiger partial charge in [-0.05, 0) is 37.3 Å².